The Hall–Kier alpha value is -1.82. The second kappa shape index (κ2) is 6.74. The molecule has 0 aromatic heterocycles. The second-order valence-electron chi connectivity index (χ2n) is 6.70. The van der Waals surface area contributed by atoms with Crippen molar-refractivity contribution in [3.8, 4) is 0 Å². The lowest BCUT2D eigenvalue weighted by Gasteiger charge is -2.35. The number of para-hydroxylation sites is 1. The van der Waals surface area contributed by atoms with Crippen molar-refractivity contribution in [2.45, 2.75) is 37.8 Å². The van der Waals surface area contributed by atoms with Crippen molar-refractivity contribution in [3.05, 3.63) is 30.1 Å². The topological polar surface area (TPSA) is 53.6 Å². The molecule has 0 spiro atoms. The number of carbonyl (C=O) groups is 1. The Kier molecular flexibility index (Phi) is 4.71. The van der Waals surface area contributed by atoms with Crippen LogP contribution in [0.2, 0.25) is 0 Å². The number of rotatable bonds is 3. The first-order valence-corrected chi connectivity index (χ1v) is 8.22. The maximum absolute atomic E-state index is 13.9. The molecule has 0 radical (unpaired) electrons. The molecule has 2 aliphatic rings. The molecule has 1 aromatic rings. The third-order valence-corrected chi connectivity index (χ3v) is 4.58. The van der Waals surface area contributed by atoms with E-state index < -0.39 is 0 Å². The highest BCUT2D eigenvalue weighted by atomic mass is 19.1. The lowest BCUT2D eigenvalue weighted by molar-refractivity contribution is 0.169. The summed E-state index contributed by atoms with van der Waals surface area (Å²) >= 11 is 0. The summed E-state index contributed by atoms with van der Waals surface area (Å²) in [5.74, 6) is -0.215. The van der Waals surface area contributed by atoms with Crippen molar-refractivity contribution >= 4 is 11.7 Å². The average molecular weight is 321 g/mol. The first-order valence-electron chi connectivity index (χ1n) is 8.22. The molecule has 0 saturated carbocycles. The minimum absolute atomic E-state index is 0.0225. The molecule has 2 amide bonds. The van der Waals surface area contributed by atoms with Gasteiger partial charge >= 0.3 is 6.03 Å². The average Bonchev–Trinajstić information content (AvgIpc) is 2.94. The molecule has 6 heteroatoms. The highest BCUT2D eigenvalue weighted by Gasteiger charge is 2.32. The predicted molar refractivity (Wildman–Crippen MR) is 87.1 cm³/mol. The molecule has 2 heterocycles. The number of ether oxygens (including phenoxy) is 1. The maximum Gasteiger partial charge on any atom is 0.315 e. The number of nitrogens with zero attached hydrogens (tertiary/aromatic N) is 1. The highest BCUT2D eigenvalue weighted by molar-refractivity contribution is 5.75. The van der Waals surface area contributed by atoms with Crippen LogP contribution in [0.1, 0.15) is 26.2 Å². The highest BCUT2D eigenvalue weighted by Crippen LogP contribution is 2.23. The van der Waals surface area contributed by atoms with Crippen LogP contribution in [0.15, 0.2) is 24.3 Å². The van der Waals surface area contributed by atoms with Gasteiger partial charge in [0.05, 0.1) is 17.8 Å². The number of hydrogen-bond donors (Lipinski definition) is 2. The number of urea groups is 1. The van der Waals surface area contributed by atoms with Gasteiger partial charge in [0.25, 0.3) is 0 Å². The van der Waals surface area contributed by atoms with Crippen molar-refractivity contribution in [1.29, 1.82) is 0 Å². The van der Waals surface area contributed by atoms with E-state index in [0.29, 0.717) is 25.4 Å². The summed E-state index contributed by atoms with van der Waals surface area (Å²) in [4.78, 5) is 14.2. The Morgan fingerprint density at radius 1 is 1.43 bits per heavy atom. The first-order chi connectivity index (χ1) is 11.1. The maximum atomic E-state index is 13.9. The summed E-state index contributed by atoms with van der Waals surface area (Å²) in [7, 11) is 0. The van der Waals surface area contributed by atoms with Crippen molar-refractivity contribution in [2.24, 2.45) is 0 Å². The van der Waals surface area contributed by atoms with Gasteiger partial charge in [0.2, 0.25) is 0 Å². The molecule has 5 nitrogen and oxygen atoms in total. The van der Waals surface area contributed by atoms with E-state index in [0.717, 1.165) is 25.8 Å². The summed E-state index contributed by atoms with van der Waals surface area (Å²) < 4.78 is 19.3. The molecule has 3 rings (SSSR count). The zero-order chi connectivity index (χ0) is 16.3. The fraction of sp³-hybridized carbons (Fsp3) is 0.588. The van der Waals surface area contributed by atoms with Crippen molar-refractivity contribution in [2.75, 3.05) is 31.2 Å². The molecule has 1 aromatic carbocycles. The van der Waals surface area contributed by atoms with Gasteiger partial charge in [-0.05, 0) is 38.3 Å². The molecule has 2 fully saturated rings. The SMILES string of the molecule is C[C@@]1(NC(=O)N[C@@H]2CCCN(c3ccccc3F)C2)CCOC1. The van der Waals surface area contributed by atoms with Crippen LogP contribution < -0.4 is 15.5 Å². The van der Waals surface area contributed by atoms with Crippen LogP contribution in [0.4, 0.5) is 14.9 Å². The lowest BCUT2D eigenvalue weighted by Crippen LogP contribution is -2.56. The number of halogens is 1. The van der Waals surface area contributed by atoms with E-state index in [1.807, 2.05) is 17.9 Å². The zero-order valence-electron chi connectivity index (χ0n) is 13.5. The molecule has 0 aliphatic carbocycles. The Bertz CT molecular complexity index is 561. The summed E-state index contributed by atoms with van der Waals surface area (Å²) in [6.45, 7) is 4.66. The predicted octanol–water partition coefficient (Wildman–Crippen LogP) is 2.27. The fourth-order valence-corrected chi connectivity index (χ4v) is 3.28. The van der Waals surface area contributed by atoms with Gasteiger partial charge in [-0.15, -0.1) is 0 Å². The van der Waals surface area contributed by atoms with Crippen LogP contribution in [0.5, 0.6) is 0 Å². The minimum Gasteiger partial charge on any atom is -0.379 e. The molecule has 2 N–H and O–H groups in total. The second-order valence-corrected chi connectivity index (χ2v) is 6.70. The van der Waals surface area contributed by atoms with Crippen LogP contribution in [0.25, 0.3) is 0 Å². The largest absolute Gasteiger partial charge is 0.379 e. The number of carbonyl (C=O) groups excluding carboxylic acids is 1. The van der Waals surface area contributed by atoms with Crippen LogP contribution in [-0.4, -0.2) is 43.9 Å². The van der Waals surface area contributed by atoms with Crippen molar-refractivity contribution < 1.29 is 13.9 Å². The first kappa shape index (κ1) is 16.1. The number of amides is 2. The van der Waals surface area contributed by atoms with Crippen LogP contribution in [0, 0.1) is 5.82 Å². The fourth-order valence-electron chi connectivity index (χ4n) is 3.28. The quantitative estimate of drug-likeness (QED) is 0.898. The summed E-state index contributed by atoms with van der Waals surface area (Å²) in [6, 6.07) is 6.64. The lowest BCUT2D eigenvalue weighted by atomic mass is 10.0. The number of hydrogen-bond acceptors (Lipinski definition) is 3. The van der Waals surface area contributed by atoms with Gasteiger partial charge in [0.1, 0.15) is 5.82 Å². The van der Waals surface area contributed by atoms with Crippen LogP contribution >= 0.6 is 0 Å². The molecular formula is C17H24FN3O2. The Morgan fingerprint density at radius 3 is 3.00 bits per heavy atom. The number of anilines is 1. The van der Waals surface area contributed by atoms with E-state index in [9.17, 15) is 9.18 Å². The van der Waals surface area contributed by atoms with Gasteiger partial charge in [-0.2, -0.15) is 0 Å². The van der Waals surface area contributed by atoms with E-state index in [2.05, 4.69) is 10.6 Å². The molecule has 0 unspecified atom stereocenters. The van der Waals surface area contributed by atoms with Crippen molar-refractivity contribution in [3.63, 3.8) is 0 Å². The molecule has 126 valence electrons. The molecule has 2 aliphatic heterocycles. The van der Waals surface area contributed by atoms with Gasteiger partial charge in [0, 0.05) is 25.7 Å². The van der Waals surface area contributed by atoms with E-state index in [4.69, 9.17) is 4.74 Å². The standard InChI is InChI=1S/C17H24FN3O2/c1-17(8-10-23-12-17)20-16(22)19-13-5-4-9-21(11-13)15-7-3-2-6-14(15)18/h2-3,6-7,13H,4-5,8-12H2,1H3,(H2,19,20,22)/t13-,17-/m1/s1. The Morgan fingerprint density at radius 2 is 2.26 bits per heavy atom. The molecule has 2 saturated heterocycles. The minimum atomic E-state index is -0.288. The van der Waals surface area contributed by atoms with Crippen molar-refractivity contribution in [1.82, 2.24) is 10.6 Å². The van der Waals surface area contributed by atoms with Gasteiger partial charge in [-0.1, -0.05) is 12.1 Å². The smallest absolute Gasteiger partial charge is 0.315 e. The zero-order valence-corrected chi connectivity index (χ0v) is 13.5. The van der Waals surface area contributed by atoms with Gasteiger partial charge in [-0.25, -0.2) is 9.18 Å². The Labute approximate surface area is 136 Å². The molecular weight excluding hydrogens is 297 g/mol. The van der Waals surface area contributed by atoms with E-state index in [1.165, 1.54) is 6.07 Å². The molecule has 2 atom stereocenters. The summed E-state index contributed by atoms with van der Waals surface area (Å²) in [5, 5.41) is 6.02. The van der Waals surface area contributed by atoms with Crippen LogP contribution in [0.3, 0.4) is 0 Å². The molecule has 0 bridgehead atoms. The summed E-state index contributed by atoms with van der Waals surface area (Å²) in [5.41, 5.74) is 0.319. The Balaban J connectivity index is 1.56. The number of nitrogens with one attached hydrogen (secondary N) is 2. The van der Waals surface area contributed by atoms with Gasteiger partial charge in [-0.3, -0.25) is 0 Å². The van der Waals surface area contributed by atoms with E-state index >= 15 is 0 Å². The molecule has 23 heavy (non-hydrogen) atoms. The number of benzene rings is 1. The third-order valence-electron chi connectivity index (χ3n) is 4.58. The van der Waals surface area contributed by atoms with E-state index in [-0.39, 0.29) is 23.4 Å². The number of piperidine rings is 1. The third kappa shape index (κ3) is 3.93. The van der Waals surface area contributed by atoms with Crippen LogP contribution in [-0.2, 0) is 4.74 Å². The normalized spacial score (nSPS) is 27.7. The summed E-state index contributed by atoms with van der Waals surface area (Å²) in [6.07, 6.45) is 2.66. The van der Waals surface area contributed by atoms with E-state index in [1.54, 1.807) is 12.1 Å². The van der Waals surface area contributed by atoms with Gasteiger partial charge < -0.3 is 20.3 Å². The monoisotopic (exact) mass is 321 g/mol. The van der Waals surface area contributed by atoms with Gasteiger partial charge in [0.15, 0.2) is 0 Å².